The molecule has 1 aromatic carbocycles. The molecule has 2 rings (SSSR count). The molecule has 1 aliphatic rings. The number of nitriles is 1. The average molecular weight is 333 g/mol. The van der Waals surface area contributed by atoms with E-state index in [4.69, 9.17) is 5.26 Å². The summed E-state index contributed by atoms with van der Waals surface area (Å²) in [5, 5.41) is 11.7. The van der Waals surface area contributed by atoms with Crippen molar-refractivity contribution in [1.82, 2.24) is 9.62 Å². The van der Waals surface area contributed by atoms with Gasteiger partial charge in [-0.05, 0) is 31.2 Å². The molecule has 9 heteroatoms. The molecular weight excluding hydrogens is 319 g/mol. The van der Waals surface area contributed by atoms with Gasteiger partial charge in [0.25, 0.3) is 0 Å². The van der Waals surface area contributed by atoms with Crippen LogP contribution in [0, 0.1) is 11.3 Å². The van der Waals surface area contributed by atoms with Gasteiger partial charge in [-0.2, -0.15) is 22.7 Å². The first-order chi connectivity index (χ1) is 10.2. The number of hydrogen-bond acceptors (Lipinski definition) is 4. The molecule has 1 saturated heterocycles. The number of likely N-dealkylation sites (N-methyl/N-ethyl adjacent to an activating group) is 1. The zero-order valence-corrected chi connectivity index (χ0v) is 12.5. The Bertz CT molecular complexity index is 704. The molecule has 5 nitrogen and oxygen atoms in total. The summed E-state index contributed by atoms with van der Waals surface area (Å²) in [5.41, 5.74) is -1.84. The summed E-state index contributed by atoms with van der Waals surface area (Å²) in [6.07, 6.45) is -4.19. The first-order valence-corrected chi connectivity index (χ1v) is 7.92. The molecular formula is C13H14F3N3O2S. The maximum Gasteiger partial charge on any atom is 0.417 e. The molecule has 0 aliphatic carbocycles. The predicted molar refractivity (Wildman–Crippen MR) is 72.4 cm³/mol. The van der Waals surface area contributed by atoms with Gasteiger partial charge in [0.05, 0.1) is 22.1 Å². The molecule has 0 bridgehead atoms. The third kappa shape index (κ3) is 3.09. The smallest absolute Gasteiger partial charge is 0.315 e. The maximum absolute atomic E-state index is 12.9. The summed E-state index contributed by atoms with van der Waals surface area (Å²) in [4.78, 5) is -0.465. The van der Waals surface area contributed by atoms with Gasteiger partial charge in [0.1, 0.15) is 0 Å². The van der Waals surface area contributed by atoms with Gasteiger partial charge in [-0.1, -0.05) is 0 Å². The summed E-state index contributed by atoms with van der Waals surface area (Å²) in [5.74, 6) is 0. The molecule has 1 aromatic rings. The highest BCUT2D eigenvalue weighted by Crippen LogP contribution is 2.34. The third-order valence-electron chi connectivity index (χ3n) is 3.64. The minimum absolute atomic E-state index is 0.296. The van der Waals surface area contributed by atoms with E-state index >= 15 is 0 Å². The number of hydrogen-bond donors (Lipinski definition) is 1. The molecule has 0 spiro atoms. The molecule has 1 heterocycles. The van der Waals surface area contributed by atoms with Gasteiger partial charge in [0.15, 0.2) is 0 Å². The summed E-state index contributed by atoms with van der Waals surface area (Å²) >= 11 is 0. The van der Waals surface area contributed by atoms with E-state index in [1.807, 2.05) is 0 Å². The molecule has 0 amide bonds. The highest BCUT2D eigenvalue weighted by atomic mass is 32.2. The highest BCUT2D eigenvalue weighted by molar-refractivity contribution is 7.89. The lowest BCUT2D eigenvalue weighted by atomic mass is 10.1. The van der Waals surface area contributed by atoms with Crippen molar-refractivity contribution in [3.05, 3.63) is 29.3 Å². The maximum atomic E-state index is 12.9. The Labute approximate surface area is 126 Å². The Hall–Kier alpha value is -1.63. The minimum atomic E-state index is -4.79. The number of halogens is 3. The van der Waals surface area contributed by atoms with E-state index in [0.29, 0.717) is 25.6 Å². The van der Waals surface area contributed by atoms with Crippen molar-refractivity contribution in [2.24, 2.45) is 0 Å². The molecule has 0 radical (unpaired) electrons. The standard InChI is InChI=1S/C13H14F3N3O2S/c1-19(10-4-5-18-8-10)22(20,21)11-3-2-9(7-17)12(6-11)13(14,15)16/h2-3,6,10,18H,4-5,8H2,1H3. The Balaban J connectivity index is 2.46. The van der Waals surface area contributed by atoms with Crippen LogP contribution in [0.2, 0.25) is 0 Å². The Morgan fingerprint density at radius 2 is 2.09 bits per heavy atom. The van der Waals surface area contributed by atoms with Gasteiger partial charge in [0, 0.05) is 19.6 Å². The Kier molecular flexibility index (Phi) is 4.47. The van der Waals surface area contributed by atoms with Crippen LogP contribution in [-0.2, 0) is 16.2 Å². The van der Waals surface area contributed by atoms with Crippen LogP contribution < -0.4 is 5.32 Å². The normalized spacial score (nSPS) is 19.4. The number of nitrogens with zero attached hydrogens (tertiary/aromatic N) is 2. The molecule has 120 valence electrons. The fourth-order valence-corrected chi connectivity index (χ4v) is 3.74. The van der Waals surface area contributed by atoms with Crippen LogP contribution in [0.5, 0.6) is 0 Å². The third-order valence-corrected chi connectivity index (χ3v) is 5.55. The molecule has 1 aliphatic heterocycles. The number of nitrogens with one attached hydrogen (secondary N) is 1. The number of alkyl halides is 3. The second-order valence-electron chi connectivity index (χ2n) is 4.98. The summed E-state index contributed by atoms with van der Waals surface area (Å²) in [7, 11) is -2.70. The van der Waals surface area contributed by atoms with Crippen LogP contribution in [-0.4, -0.2) is 38.9 Å². The van der Waals surface area contributed by atoms with Gasteiger partial charge >= 0.3 is 6.18 Å². The van der Waals surface area contributed by atoms with Crippen LogP contribution in [0.25, 0.3) is 0 Å². The van der Waals surface area contributed by atoms with Gasteiger partial charge in [-0.3, -0.25) is 0 Å². The van der Waals surface area contributed by atoms with Crippen molar-refractivity contribution in [1.29, 1.82) is 5.26 Å². The van der Waals surface area contributed by atoms with Crippen LogP contribution in [0.4, 0.5) is 13.2 Å². The van der Waals surface area contributed by atoms with Crippen molar-refractivity contribution >= 4 is 10.0 Å². The summed E-state index contributed by atoms with van der Waals surface area (Å²) < 4.78 is 64.8. The van der Waals surface area contributed by atoms with Crippen LogP contribution in [0.15, 0.2) is 23.1 Å². The van der Waals surface area contributed by atoms with E-state index in [9.17, 15) is 21.6 Å². The fraction of sp³-hybridized carbons (Fsp3) is 0.462. The lowest BCUT2D eigenvalue weighted by Crippen LogP contribution is -2.38. The van der Waals surface area contributed by atoms with E-state index in [2.05, 4.69) is 5.32 Å². The fourth-order valence-electron chi connectivity index (χ4n) is 2.33. The molecule has 1 N–H and O–H groups in total. The number of benzene rings is 1. The van der Waals surface area contributed by atoms with E-state index in [-0.39, 0.29) is 6.04 Å². The molecule has 1 unspecified atom stereocenters. The van der Waals surface area contributed by atoms with Gasteiger partial charge in [-0.15, -0.1) is 0 Å². The topological polar surface area (TPSA) is 73.2 Å². The van der Waals surface area contributed by atoms with Crippen LogP contribution in [0.1, 0.15) is 17.5 Å². The largest absolute Gasteiger partial charge is 0.417 e. The lowest BCUT2D eigenvalue weighted by Gasteiger charge is -2.23. The second kappa shape index (κ2) is 5.87. The zero-order chi connectivity index (χ0) is 16.5. The van der Waals surface area contributed by atoms with Gasteiger partial charge < -0.3 is 5.32 Å². The first-order valence-electron chi connectivity index (χ1n) is 6.48. The van der Waals surface area contributed by atoms with E-state index < -0.39 is 32.2 Å². The predicted octanol–water partition coefficient (Wildman–Crippen LogP) is 1.56. The summed E-state index contributed by atoms with van der Waals surface area (Å²) in [6.45, 7) is 1.11. The molecule has 0 saturated carbocycles. The Morgan fingerprint density at radius 3 is 2.59 bits per heavy atom. The van der Waals surface area contributed by atoms with Crippen LogP contribution >= 0.6 is 0 Å². The van der Waals surface area contributed by atoms with Crippen molar-refractivity contribution in [2.45, 2.75) is 23.5 Å². The quantitative estimate of drug-likeness (QED) is 0.911. The lowest BCUT2D eigenvalue weighted by molar-refractivity contribution is -0.137. The zero-order valence-electron chi connectivity index (χ0n) is 11.7. The van der Waals surface area contributed by atoms with Gasteiger partial charge in [-0.25, -0.2) is 8.42 Å². The number of rotatable bonds is 3. The van der Waals surface area contributed by atoms with Crippen molar-refractivity contribution < 1.29 is 21.6 Å². The average Bonchev–Trinajstić information content (AvgIpc) is 2.98. The highest BCUT2D eigenvalue weighted by Gasteiger charge is 2.36. The molecule has 22 heavy (non-hydrogen) atoms. The number of sulfonamides is 1. The van der Waals surface area contributed by atoms with Gasteiger partial charge in [0.2, 0.25) is 10.0 Å². The van der Waals surface area contributed by atoms with E-state index in [0.717, 1.165) is 16.4 Å². The minimum Gasteiger partial charge on any atom is -0.315 e. The Morgan fingerprint density at radius 1 is 1.41 bits per heavy atom. The monoisotopic (exact) mass is 333 g/mol. The van der Waals surface area contributed by atoms with Crippen molar-refractivity contribution in [3.8, 4) is 6.07 Å². The summed E-state index contributed by atoms with van der Waals surface area (Å²) in [6, 6.07) is 3.57. The van der Waals surface area contributed by atoms with Crippen molar-refractivity contribution in [2.75, 3.05) is 20.1 Å². The van der Waals surface area contributed by atoms with Crippen molar-refractivity contribution in [3.63, 3.8) is 0 Å². The molecule has 0 aromatic heterocycles. The molecule has 1 atom stereocenters. The van der Waals surface area contributed by atoms with E-state index in [1.54, 1.807) is 0 Å². The second-order valence-corrected chi connectivity index (χ2v) is 6.98. The van der Waals surface area contributed by atoms with E-state index in [1.165, 1.54) is 13.1 Å². The molecule has 1 fully saturated rings. The SMILES string of the molecule is CN(C1CCNC1)S(=O)(=O)c1ccc(C#N)c(C(F)(F)F)c1. The van der Waals surface area contributed by atoms with Crippen LogP contribution in [0.3, 0.4) is 0 Å². The first kappa shape index (κ1) is 16.7.